The number of amides is 2. The maximum absolute atomic E-state index is 11.9. The van der Waals surface area contributed by atoms with E-state index in [0.717, 1.165) is 18.7 Å². The van der Waals surface area contributed by atoms with Crippen LogP contribution in [0, 0.1) is 0 Å². The van der Waals surface area contributed by atoms with E-state index in [2.05, 4.69) is 5.32 Å². The molecule has 1 aromatic heterocycles. The summed E-state index contributed by atoms with van der Waals surface area (Å²) in [4.78, 5) is 25.3. The fourth-order valence-electron chi connectivity index (χ4n) is 2.27. The summed E-state index contributed by atoms with van der Waals surface area (Å²) >= 11 is 0. The molecule has 102 valence electrons. The topological polar surface area (TPSA) is 62.6 Å². The van der Waals surface area contributed by atoms with Crippen LogP contribution in [0.1, 0.15) is 23.4 Å². The standard InChI is InChI=1S/C15H14N2O3/c18-14-7-2-8-17(14)12-5-1-4-11(10-12)16-15(19)13-6-3-9-20-13/h1,3-6,9-10H,2,7-8H2,(H,16,19). The van der Waals surface area contributed by atoms with Gasteiger partial charge in [0.15, 0.2) is 5.76 Å². The summed E-state index contributed by atoms with van der Waals surface area (Å²) < 4.78 is 5.04. The Kier molecular flexibility index (Phi) is 3.25. The van der Waals surface area contributed by atoms with E-state index in [9.17, 15) is 9.59 Å². The van der Waals surface area contributed by atoms with Crippen molar-refractivity contribution in [2.45, 2.75) is 12.8 Å². The number of anilines is 2. The van der Waals surface area contributed by atoms with Crippen LogP contribution in [0.5, 0.6) is 0 Å². The van der Waals surface area contributed by atoms with Gasteiger partial charge in [0.2, 0.25) is 5.91 Å². The van der Waals surface area contributed by atoms with Gasteiger partial charge in [0.25, 0.3) is 5.91 Å². The summed E-state index contributed by atoms with van der Waals surface area (Å²) in [5.74, 6) is 0.0760. The number of hydrogen-bond donors (Lipinski definition) is 1. The SMILES string of the molecule is O=C(Nc1cccc(N2CCCC2=O)c1)c1ccco1. The van der Waals surface area contributed by atoms with Gasteiger partial charge >= 0.3 is 0 Å². The number of nitrogens with zero attached hydrogens (tertiary/aromatic N) is 1. The first kappa shape index (κ1) is 12.5. The third-order valence-corrected chi connectivity index (χ3v) is 3.23. The molecule has 0 bridgehead atoms. The average Bonchev–Trinajstić information content (AvgIpc) is 3.10. The fraction of sp³-hybridized carbons (Fsp3) is 0.200. The summed E-state index contributed by atoms with van der Waals surface area (Å²) in [5.41, 5.74) is 1.45. The summed E-state index contributed by atoms with van der Waals surface area (Å²) in [6, 6.07) is 10.5. The number of hydrogen-bond acceptors (Lipinski definition) is 3. The molecule has 20 heavy (non-hydrogen) atoms. The molecule has 5 nitrogen and oxygen atoms in total. The molecule has 0 radical (unpaired) electrons. The Hall–Kier alpha value is -2.56. The molecular formula is C15H14N2O3. The highest BCUT2D eigenvalue weighted by Crippen LogP contribution is 2.24. The smallest absolute Gasteiger partial charge is 0.291 e. The van der Waals surface area contributed by atoms with Gasteiger partial charge in [-0.1, -0.05) is 6.07 Å². The van der Waals surface area contributed by atoms with Crippen LogP contribution >= 0.6 is 0 Å². The van der Waals surface area contributed by atoms with Crippen molar-refractivity contribution >= 4 is 23.2 Å². The van der Waals surface area contributed by atoms with Crippen LogP contribution in [0.4, 0.5) is 11.4 Å². The molecule has 2 aromatic rings. The van der Waals surface area contributed by atoms with Gasteiger partial charge in [-0.25, -0.2) is 0 Å². The Bertz CT molecular complexity index is 634. The summed E-state index contributed by atoms with van der Waals surface area (Å²) in [6.07, 6.45) is 2.92. The predicted molar refractivity (Wildman–Crippen MR) is 74.7 cm³/mol. The lowest BCUT2D eigenvalue weighted by Gasteiger charge is -2.16. The van der Waals surface area contributed by atoms with E-state index in [4.69, 9.17) is 4.42 Å². The van der Waals surface area contributed by atoms with Gasteiger partial charge in [0, 0.05) is 24.3 Å². The molecule has 0 saturated carbocycles. The minimum atomic E-state index is -0.306. The molecule has 0 aliphatic carbocycles. The average molecular weight is 270 g/mol. The molecule has 0 atom stereocenters. The van der Waals surface area contributed by atoms with Crippen LogP contribution < -0.4 is 10.2 Å². The van der Waals surface area contributed by atoms with E-state index < -0.39 is 0 Å². The second-order valence-electron chi connectivity index (χ2n) is 4.63. The van der Waals surface area contributed by atoms with Crippen LogP contribution in [-0.4, -0.2) is 18.4 Å². The normalized spacial score (nSPS) is 14.6. The maximum atomic E-state index is 11.9. The maximum Gasteiger partial charge on any atom is 0.291 e. The van der Waals surface area contributed by atoms with E-state index in [0.29, 0.717) is 12.1 Å². The van der Waals surface area contributed by atoms with E-state index in [1.165, 1.54) is 6.26 Å². The highest BCUT2D eigenvalue weighted by molar-refractivity contribution is 6.03. The van der Waals surface area contributed by atoms with E-state index in [-0.39, 0.29) is 17.6 Å². The number of rotatable bonds is 3. The van der Waals surface area contributed by atoms with Crippen LogP contribution in [-0.2, 0) is 4.79 Å². The number of nitrogens with one attached hydrogen (secondary N) is 1. The molecule has 1 aliphatic rings. The van der Waals surface area contributed by atoms with Crippen molar-refractivity contribution in [3.8, 4) is 0 Å². The van der Waals surface area contributed by atoms with Gasteiger partial charge in [0.1, 0.15) is 0 Å². The van der Waals surface area contributed by atoms with Crippen molar-refractivity contribution in [3.05, 3.63) is 48.4 Å². The second-order valence-corrected chi connectivity index (χ2v) is 4.63. The molecule has 1 saturated heterocycles. The van der Waals surface area contributed by atoms with Gasteiger partial charge in [-0.2, -0.15) is 0 Å². The van der Waals surface area contributed by atoms with Gasteiger partial charge in [-0.15, -0.1) is 0 Å². The summed E-state index contributed by atoms with van der Waals surface area (Å²) in [7, 11) is 0. The molecule has 5 heteroatoms. The molecule has 2 heterocycles. The van der Waals surface area contributed by atoms with Crippen molar-refractivity contribution in [1.29, 1.82) is 0 Å². The zero-order chi connectivity index (χ0) is 13.9. The molecule has 3 rings (SSSR count). The zero-order valence-corrected chi connectivity index (χ0v) is 10.8. The van der Waals surface area contributed by atoms with Crippen LogP contribution in [0.2, 0.25) is 0 Å². The number of furan rings is 1. The third-order valence-electron chi connectivity index (χ3n) is 3.23. The van der Waals surface area contributed by atoms with Gasteiger partial charge in [-0.3, -0.25) is 9.59 Å². The Morgan fingerprint density at radius 2 is 2.15 bits per heavy atom. The first-order valence-corrected chi connectivity index (χ1v) is 6.49. The largest absolute Gasteiger partial charge is 0.459 e. The lowest BCUT2D eigenvalue weighted by Crippen LogP contribution is -2.23. The van der Waals surface area contributed by atoms with Crippen molar-refractivity contribution in [2.75, 3.05) is 16.8 Å². The van der Waals surface area contributed by atoms with Crippen molar-refractivity contribution in [2.24, 2.45) is 0 Å². The van der Waals surface area contributed by atoms with E-state index >= 15 is 0 Å². The highest BCUT2D eigenvalue weighted by atomic mass is 16.3. The molecule has 0 unspecified atom stereocenters. The Morgan fingerprint density at radius 1 is 1.25 bits per heavy atom. The second kappa shape index (κ2) is 5.21. The van der Waals surface area contributed by atoms with Crippen molar-refractivity contribution in [3.63, 3.8) is 0 Å². The molecule has 1 aliphatic heterocycles. The van der Waals surface area contributed by atoms with Crippen LogP contribution in [0.25, 0.3) is 0 Å². The van der Waals surface area contributed by atoms with Gasteiger partial charge in [0.05, 0.1) is 6.26 Å². The van der Waals surface area contributed by atoms with Crippen molar-refractivity contribution in [1.82, 2.24) is 0 Å². The molecule has 0 spiro atoms. The minimum absolute atomic E-state index is 0.125. The quantitative estimate of drug-likeness (QED) is 0.932. The number of carbonyl (C=O) groups is 2. The Balaban J connectivity index is 1.78. The summed E-state index contributed by atoms with van der Waals surface area (Å²) in [6.45, 7) is 0.731. The lowest BCUT2D eigenvalue weighted by atomic mass is 10.2. The minimum Gasteiger partial charge on any atom is -0.459 e. The first-order chi connectivity index (χ1) is 9.74. The number of benzene rings is 1. The van der Waals surface area contributed by atoms with Gasteiger partial charge < -0.3 is 14.6 Å². The van der Waals surface area contributed by atoms with Crippen molar-refractivity contribution < 1.29 is 14.0 Å². The Labute approximate surface area is 116 Å². The third kappa shape index (κ3) is 2.42. The Morgan fingerprint density at radius 3 is 2.85 bits per heavy atom. The summed E-state index contributed by atoms with van der Waals surface area (Å²) in [5, 5.41) is 2.75. The fourth-order valence-corrected chi connectivity index (χ4v) is 2.27. The zero-order valence-electron chi connectivity index (χ0n) is 10.8. The number of carbonyl (C=O) groups excluding carboxylic acids is 2. The highest BCUT2D eigenvalue weighted by Gasteiger charge is 2.21. The van der Waals surface area contributed by atoms with Crippen LogP contribution in [0.15, 0.2) is 47.1 Å². The predicted octanol–water partition coefficient (Wildman–Crippen LogP) is 2.66. The van der Waals surface area contributed by atoms with Crippen LogP contribution in [0.3, 0.4) is 0 Å². The molecule has 1 aromatic carbocycles. The van der Waals surface area contributed by atoms with E-state index in [1.807, 2.05) is 12.1 Å². The first-order valence-electron chi connectivity index (χ1n) is 6.49. The molecule has 1 fully saturated rings. The molecule has 1 N–H and O–H groups in total. The van der Waals surface area contributed by atoms with Gasteiger partial charge in [-0.05, 0) is 36.8 Å². The van der Waals surface area contributed by atoms with E-state index in [1.54, 1.807) is 29.2 Å². The monoisotopic (exact) mass is 270 g/mol. The molecular weight excluding hydrogens is 256 g/mol. The molecule has 2 amide bonds. The lowest BCUT2D eigenvalue weighted by molar-refractivity contribution is -0.117.